The third kappa shape index (κ3) is 4.44. The van der Waals surface area contributed by atoms with Crippen LogP contribution in [0.3, 0.4) is 0 Å². The first-order chi connectivity index (χ1) is 10.6. The number of hydrogen-bond donors (Lipinski definition) is 2. The monoisotopic (exact) mass is 304 g/mol. The summed E-state index contributed by atoms with van der Waals surface area (Å²) in [5, 5.41) is 5.61. The molecule has 1 aliphatic heterocycles. The van der Waals surface area contributed by atoms with Crippen molar-refractivity contribution in [3.63, 3.8) is 0 Å². The van der Waals surface area contributed by atoms with Crippen molar-refractivity contribution in [3.8, 4) is 0 Å². The van der Waals surface area contributed by atoms with E-state index < -0.39 is 0 Å². The van der Waals surface area contributed by atoms with E-state index >= 15 is 0 Å². The molecule has 0 bridgehead atoms. The van der Waals surface area contributed by atoms with Gasteiger partial charge in [0.1, 0.15) is 0 Å². The molecule has 0 spiro atoms. The lowest BCUT2D eigenvalue weighted by molar-refractivity contribution is 0.0952. The van der Waals surface area contributed by atoms with Crippen molar-refractivity contribution >= 4 is 11.9 Å². The van der Waals surface area contributed by atoms with E-state index in [9.17, 15) is 9.59 Å². The highest BCUT2D eigenvalue weighted by atomic mass is 16.2. The van der Waals surface area contributed by atoms with Crippen LogP contribution in [0.2, 0.25) is 0 Å². The number of nitrogens with zero attached hydrogens (tertiary/aromatic N) is 2. The molecule has 0 aliphatic carbocycles. The Morgan fingerprint density at radius 2 is 2.05 bits per heavy atom. The van der Waals surface area contributed by atoms with Crippen LogP contribution in [-0.2, 0) is 0 Å². The Morgan fingerprint density at radius 1 is 1.27 bits per heavy atom. The Kier molecular flexibility index (Phi) is 5.75. The molecule has 1 aliphatic rings. The Morgan fingerprint density at radius 3 is 2.73 bits per heavy atom. The van der Waals surface area contributed by atoms with Crippen LogP contribution in [0.5, 0.6) is 0 Å². The molecule has 22 heavy (non-hydrogen) atoms. The van der Waals surface area contributed by atoms with Crippen LogP contribution in [0, 0.1) is 11.8 Å². The highest BCUT2D eigenvalue weighted by molar-refractivity contribution is 5.93. The molecule has 1 fully saturated rings. The maximum absolute atomic E-state index is 12.1. The zero-order valence-corrected chi connectivity index (χ0v) is 13.2. The molecular weight excluding hydrogens is 280 g/mol. The third-order valence-electron chi connectivity index (χ3n) is 4.23. The third-order valence-corrected chi connectivity index (χ3v) is 4.23. The number of piperidine rings is 1. The van der Waals surface area contributed by atoms with Crippen molar-refractivity contribution in [2.45, 2.75) is 20.3 Å². The van der Waals surface area contributed by atoms with E-state index in [0.717, 1.165) is 19.5 Å². The van der Waals surface area contributed by atoms with E-state index in [4.69, 9.17) is 0 Å². The number of pyridine rings is 1. The van der Waals surface area contributed by atoms with Crippen molar-refractivity contribution in [1.29, 1.82) is 0 Å². The molecule has 1 saturated heterocycles. The van der Waals surface area contributed by atoms with Crippen molar-refractivity contribution in [2.75, 3.05) is 26.2 Å². The summed E-state index contributed by atoms with van der Waals surface area (Å²) in [7, 11) is 0. The molecule has 1 aromatic heterocycles. The predicted molar refractivity (Wildman–Crippen MR) is 84.5 cm³/mol. The number of likely N-dealkylation sites (tertiary alicyclic amines) is 1. The second-order valence-corrected chi connectivity index (χ2v) is 5.92. The molecule has 1 aromatic rings. The first-order valence-electron chi connectivity index (χ1n) is 7.79. The van der Waals surface area contributed by atoms with Gasteiger partial charge in [0.15, 0.2) is 0 Å². The van der Waals surface area contributed by atoms with Gasteiger partial charge in [-0.25, -0.2) is 4.79 Å². The summed E-state index contributed by atoms with van der Waals surface area (Å²) in [6.07, 6.45) is 4.19. The van der Waals surface area contributed by atoms with Gasteiger partial charge in [0, 0.05) is 38.6 Å². The fraction of sp³-hybridized carbons (Fsp3) is 0.562. The number of aromatic nitrogens is 1. The van der Waals surface area contributed by atoms with Gasteiger partial charge in [0.05, 0.1) is 5.56 Å². The van der Waals surface area contributed by atoms with Crippen molar-refractivity contribution < 1.29 is 9.59 Å². The summed E-state index contributed by atoms with van der Waals surface area (Å²) in [4.78, 5) is 29.6. The van der Waals surface area contributed by atoms with Crippen LogP contribution in [-0.4, -0.2) is 48.0 Å². The van der Waals surface area contributed by atoms with Crippen LogP contribution in [0.25, 0.3) is 0 Å². The van der Waals surface area contributed by atoms with Gasteiger partial charge in [-0.15, -0.1) is 0 Å². The van der Waals surface area contributed by atoms with Crippen LogP contribution >= 0.6 is 0 Å². The lowest BCUT2D eigenvalue weighted by Crippen LogP contribution is -2.48. The number of hydrogen-bond acceptors (Lipinski definition) is 3. The van der Waals surface area contributed by atoms with E-state index in [1.807, 2.05) is 4.90 Å². The summed E-state index contributed by atoms with van der Waals surface area (Å²) in [6, 6.07) is 3.38. The fourth-order valence-electron chi connectivity index (χ4n) is 2.50. The van der Waals surface area contributed by atoms with Crippen LogP contribution in [0.4, 0.5) is 4.79 Å². The first-order valence-corrected chi connectivity index (χ1v) is 7.79. The molecule has 2 rings (SSSR count). The summed E-state index contributed by atoms with van der Waals surface area (Å²) in [5.41, 5.74) is 0.521. The van der Waals surface area contributed by atoms with Gasteiger partial charge in [-0.2, -0.15) is 0 Å². The van der Waals surface area contributed by atoms with Crippen LogP contribution in [0.1, 0.15) is 30.6 Å². The average Bonchev–Trinajstić information content (AvgIpc) is 2.54. The van der Waals surface area contributed by atoms with Gasteiger partial charge >= 0.3 is 6.03 Å². The lowest BCUT2D eigenvalue weighted by atomic mass is 9.89. The number of amides is 3. The van der Waals surface area contributed by atoms with Gasteiger partial charge in [0.2, 0.25) is 0 Å². The topological polar surface area (TPSA) is 74.3 Å². The summed E-state index contributed by atoms with van der Waals surface area (Å²) >= 11 is 0. The summed E-state index contributed by atoms with van der Waals surface area (Å²) in [5.74, 6) is 1.02. The molecule has 0 aromatic carbocycles. The standard InChI is InChI=1S/C16H24N4O2/c1-12-5-9-20(11-13(12)2)16(22)19-8-7-18-15(21)14-4-3-6-17-10-14/h3-4,6,10,12-13H,5,7-9,11H2,1-2H3,(H,18,21)(H,19,22)/t12-,13+/m0/s1. The van der Waals surface area contributed by atoms with E-state index in [0.29, 0.717) is 30.5 Å². The van der Waals surface area contributed by atoms with E-state index in [1.54, 1.807) is 18.3 Å². The molecule has 0 saturated carbocycles. The summed E-state index contributed by atoms with van der Waals surface area (Å²) in [6.45, 7) is 6.84. The zero-order valence-electron chi connectivity index (χ0n) is 13.2. The van der Waals surface area contributed by atoms with Crippen molar-refractivity contribution in [2.24, 2.45) is 11.8 Å². The fourth-order valence-corrected chi connectivity index (χ4v) is 2.50. The Balaban J connectivity index is 1.66. The van der Waals surface area contributed by atoms with Crippen LogP contribution in [0.15, 0.2) is 24.5 Å². The molecule has 120 valence electrons. The molecule has 2 N–H and O–H groups in total. The quantitative estimate of drug-likeness (QED) is 0.828. The maximum atomic E-state index is 12.1. The molecule has 2 heterocycles. The molecule has 2 atom stereocenters. The SMILES string of the molecule is C[C@@H]1CN(C(=O)NCCNC(=O)c2cccnc2)CC[C@@H]1C. The predicted octanol–water partition coefficient (Wildman–Crippen LogP) is 1.50. The van der Waals surface area contributed by atoms with E-state index in [-0.39, 0.29) is 11.9 Å². The molecule has 3 amide bonds. The van der Waals surface area contributed by atoms with Gasteiger partial charge in [0.25, 0.3) is 5.91 Å². The highest BCUT2D eigenvalue weighted by Gasteiger charge is 2.25. The number of rotatable bonds is 4. The minimum atomic E-state index is -0.178. The summed E-state index contributed by atoms with van der Waals surface area (Å²) < 4.78 is 0. The van der Waals surface area contributed by atoms with Crippen LogP contribution < -0.4 is 10.6 Å². The molecule has 6 heteroatoms. The zero-order chi connectivity index (χ0) is 15.9. The lowest BCUT2D eigenvalue weighted by Gasteiger charge is -2.35. The Bertz CT molecular complexity index is 506. The van der Waals surface area contributed by atoms with Gasteiger partial charge in [-0.1, -0.05) is 13.8 Å². The van der Waals surface area contributed by atoms with E-state index in [2.05, 4.69) is 29.5 Å². The average molecular weight is 304 g/mol. The highest BCUT2D eigenvalue weighted by Crippen LogP contribution is 2.22. The number of carbonyl (C=O) groups is 2. The first kappa shape index (κ1) is 16.3. The van der Waals surface area contributed by atoms with Crippen molar-refractivity contribution in [1.82, 2.24) is 20.5 Å². The minimum Gasteiger partial charge on any atom is -0.350 e. The van der Waals surface area contributed by atoms with Gasteiger partial charge < -0.3 is 15.5 Å². The smallest absolute Gasteiger partial charge is 0.317 e. The van der Waals surface area contributed by atoms with Gasteiger partial charge in [-0.05, 0) is 30.4 Å². The molecular formula is C16H24N4O2. The Hall–Kier alpha value is -2.11. The number of nitrogens with one attached hydrogen (secondary N) is 2. The number of carbonyl (C=O) groups excluding carboxylic acids is 2. The second kappa shape index (κ2) is 7.77. The second-order valence-electron chi connectivity index (χ2n) is 5.92. The van der Waals surface area contributed by atoms with E-state index in [1.165, 1.54) is 6.20 Å². The van der Waals surface area contributed by atoms with Gasteiger partial charge in [-0.3, -0.25) is 9.78 Å². The molecule has 6 nitrogen and oxygen atoms in total. The molecule has 0 unspecified atom stereocenters. The maximum Gasteiger partial charge on any atom is 0.317 e. The van der Waals surface area contributed by atoms with Crippen molar-refractivity contribution in [3.05, 3.63) is 30.1 Å². The Labute approximate surface area is 131 Å². The largest absolute Gasteiger partial charge is 0.350 e. The number of urea groups is 1. The normalized spacial score (nSPS) is 21.3. The molecule has 0 radical (unpaired) electrons. The minimum absolute atomic E-state index is 0.0469.